The average Bonchev–Trinajstić information content (AvgIpc) is 2.92. The Morgan fingerprint density at radius 2 is 1.14 bits per heavy atom. The van der Waals surface area contributed by atoms with Crippen molar-refractivity contribution in [3.8, 4) is 22.3 Å². The molecule has 0 atom stereocenters. The van der Waals surface area contributed by atoms with Gasteiger partial charge in [0.1, 0.15) is 0 Å². The van der Waals surface area contributed by atoms with Gasteiger partial charge in [-0.2, -0.15) is 0 Å². The highest BCUT2D eigenvalue weighted by Crippen LogP contribution is 2.48. The lowest BCUT2D eigenvalue weighted by Crippen LogP contribution is -1.93. The standard InChI is InChI=1S/C34H20S/c1-2-8-28-21(5-1)11-14-26-18-27-17-23(12-13-25(27)19-30(26)28)24-15-16-32-31(20-24)29-9-3-6-22-7-4-10-33(35-32)34(22)29/h1-20H. The van der Waals surface area contributed by atoms with Gasteiger partial charge in [-0.1, -0.05) is 96.7 Å². The minimum Gasteiger partial charge on any atom is -0.0888 e. The zero-order chi connectivity index (χ0) is 22.9. The molecule has 7 aromatic carbocycles. The largest absolute Gasteiger partial charge is 0.0888 e. The van der Waals surface area contributed by atoms with Crippen LogP contribution in [0.25, 0.3) is 65.3 Å². The summed E-state index contributed by atoms with van der Waals surface area (Å²) >= 11 is 1.88. The number of hydrogen-bond acceptors (Lipinski definition) is 1. The molecule has 8 rings (SSSR count). The van der Waals surface area contributed by atoms with E-state index in [1.165, 1.54) is 75.1 Å². The number of hydrogen-bond donors (Lipinski definition) is 0. The Bertz CT molecular complexity index is 1970. The van der Waals surface area contributed by atoms with Crippen molar-refractivity contribution >= 4 is 54.9 Å². The van der Waals surface area contributed by atoms with Crippen LogP contribution in [-0.4, -0.2) is 0 Å². The molecule has 1 heteroatoms. The monoisotopic (exact) mass is 460 g/mol. The highest BCUT2D eigenvalue weighted by Gasteiger charge is 2.19. The molecule has 0 saturated carbocycles. The number of benzene rings is 7. The van der Waals surface area contributed by atoms with E-state index in [0.29, 0.717) is 0 Å². The molecule has 1 aliphatic heterocycles. The van der Waals surface area contributed by atoms with Crippen LogP contribution in [0.3, 0.4) is 0 Å². The first-order valence-electron chi connectivity index (χ1n) is 12.0. The van der Waals surface area contributed by atoms with E-state index < -0.39 is 0 Å². The van der Waals surface area contributed by atoms with E-state index in [1.807, 2.05) is 11.8 Å². The van der Waals surface area contributed by atoms with Crippen molar-refractivity contribution in [2.75, 3.05) is 0 Å². The number of rotatable bonds is 1. The van der Waals surface area contributed by atoms with E-state index in [0.717, 1.165) is 0 Å². The van der Waals surface area contributed by atoms with Crippen LogP contribution in [0.2, 0.25) is 0 Å². The number of fused-ring (bicyclic) bond motifs is 6. The second-order valence-electron chi connectivity index (χ2n) is 9.39. The van der Waals surface area contributed by atoms with Crippen LogP contribution in [0.4, 0.5) is 0 Å². The third kappa shape index (κ3) is 2.89. The summed E-state index contributed by atoms with van der Waals surface area (Å²) in [6.07, 6.45) is 0. The van der Waals surface area contributed by atoms with Gasteiger partial charge in [-0.25, -0.2) is 0 Å². The van der Waals surface area contributed by atoms with Crippen molar-refractivity contribution in [2.24, 2.45) is 0 Å². The summed E-state index contributed by atoms with van der Waals surface area (Å²) in [5.74, 6) is 0. The van der Waals surface area contributed by atoms with Crippen molar-refractivity contribution in [2.45, 2.75) is 9.79 Å². The average molecular weight is 461 g/mol. The molecule has 0 N–H and O–H groups in total. The van der Waals surface area contributed by atoms with E-state index in [4.69, 9.17) is 0 Å². The van der Waals surface area contributed by atoms with Gasteiger partial charge in [0.25, 0.3) is 0 Å². The molecule has 0 saturated heterocycles. The SMILES string of the molecule is c1cc2c3c(cccc3c1)-c1cc(-c3ccc4cc5c(ccc6ccccc65)cc4c3)ccc1S2. The highest BCUT2D eigenvalue weighted by molar-refractivity contribution is 7.99. The van der Waals surface area contributed by atoms with Crippen LogP contribution < -0.4 is 0 Å². The second kappa shape index (κ2) is 7.21. The fourth-order valence-electron chi connectivity index (χ4n) is 5.68. The van der Waals surface area contributed by atoms with Crippen molar-refractivity contribution in [1.29, 1.82) is 0 Å². The maximum atomic E-state index is 2.38. The van der Waals surface area contributed by atoms with Gasteiger partial charge in [-0.05, 0) is 96.4 Å². The Balaban J connectivity index is 1.30. The molecule has 0 radical (unpaired) electrons. The summed E-state index contributed by atoms with van der Waals surface area (Å²) in [7, 11) is 0. The first-order chi connectivity index (χ1) is 17.3. The quantitative estimate of drug-likeness (QED) is 0.173. The Morgan fingerprint density at radius 1 is 0.371 bits per heavy atom. The zero-order valence-electron chi connectivity index (χ0n) is 19.0. The lowest BCUT2D eigenvalue weighted by atomic mass is 9.93. The van der Waals surface area contributed by atoms with E-state index in [-0.39, 0.29) is 0 Å². The molecule has 0 aromatic heterocycles. The van der Waals surface area contributed by atoms with E-state index in [9.17, 15) is 0 Å². The third-order valence-electron chi connectivity index (χ3n) is 7.39. The maximum Gasteiger partial charge on any atom is 0.0207 e. The minimum absolute atomic E-state index is 1.26. The molecule has 35 heavy (non-hydrogen) atoms. The Hall–Kier alpha value is -4.07. The smallest absolute Gasteiger partial charge is 0.0207 e. The molecular weight excluding hydrogens is 440 g/mol. The first-order valence-corrected chi connectivity index (χ1v) is 12.8. The summed E-state index contributed by atoms with van der Waals surface area (Å²) in [4.78, 5) is 2.68. The summed E-state index contributed by atoms with van der Waals surface area (Å²) in [5.41, 5.74) is 5.20. The zero-order valence-corrected chi connectivity index (χ0v) is 19.8. The van der Waals surface area contributed by atoms with Gasteiger partial charge in [0.15, 0.2) is 0 Å². The summed E-state index contributed by atoms with van der Waals surface area (Å²) < 4.78 is 0. The molecule has 0 bridgehead atoms. The maximum absolute atomic E-state index is 2.38. The molecule has 0 aliphatic carbocycles. The van der Waals surface area contributed by atoms with E-state index in [2.05, 4.69) is 121 Å². The highest BCUT2D eigenvalue weighted by atomic mass is 32.2. The lowest BCUT2D eigenvalue weighted by Gasteiger charge is -2.21. The predicted molar refractivity (Wildman–Crippen MR) is 151 cm³/mol. The lowest BCUT2D eigenvalue weighted by molar-refractivity contribution is 1.40. The summed E-state index contributed by atoms with van der Waals surface area (Å²) in [6, 6.07) is 44.9. The van der Waals surface area contributed by atoms with Gasteiger partial charge < -0.3 is 0 Å². The van der Waals surface area contributed by atoms with Crippen LogP contribution in [0.1, 0.15) is 0 Å². The molecule has 162 valence electrons. The molecule has 0 fully saturated rings. The molecule has 1 aliphatic rings. The molecule has 0 unspecified atom stereocenters. The first kappa shape index (κ1) is 19.3. The predicted octanol–water partition coefficient (Wildman–Crippen LogP) is 10.1. The van der Waals surface area contributed by atoms with Crippen LogP contribution >= 0.6 is 11.8 Å². The second-order valence-corrected chi connectivity index (χ2v) is 10.5. The van der Waals surface area contributed by atoms with Crippen molar-refractivity contribution in [3.05, 3.63) is 121 Å². The Morgan fingerprint density at radius 3 is 2.11 bits per heavy atom. The van der Waals surface area contributed by atoms with Crippen molar-refractivity contribution in [3.63, 3.8) is 0 Å². The normalized spacial score (nSPS) is 12.5. The van der Waals surface area contributed by atoms with Crippen LogP contribution in [0.15, 0.2) is 131 Å². The minimum atomic E-state index is 1.26. The molecule has 0 amide bonds. The van der Waals surface area contributed by atoms with Gasteiger partial charge in [0.2, 0.25) is 0 Å². The van der Waals surface area contributed by atoms with Crippen LogP contribution in [0, 0.1) is 0 Å². The van der Waals surface area contributed by atoms with Gasteiger partial charge in [0.05, 0.1) is 0 Å². The molecule has 0 nitrogen and oxygen atoms in total. The Labute approximate surface area is 207 Å². The molecular formula is C34H20S. The van der Waals surface area contributed by atoms with Crippen LogP contribution in [0.5, 0.6) is 0 Å². The summed E-state index contributed by atoms with van der Waals surface area (Å²) in [6.45, 7) is 0. The fraction of sp³-hybridized carbons (Fsp3) is 0. The van der Waals surface area contributed by atoms with Crippen molar-refractivity contribution in [1.82, 2.24) is 0 Å². The third-order valence-corrected chi connectivity index (χ3v) is 8.53. The van der Waals surface area contributed by atoms with Crippen molar-refractivity contribution < 1.29 is 0 Å². The Kier molecular flexibility index (Phi) is 3.97. The molecule has 7 aromatic rings. The van der Waals surface area contributed by atoms with Gasteiger partial charge in [-0.3, -0.25) is 0 Å². The van der Waals surface area contributed by atoms with E-state index >= 15 is 0 Å². The topological polar surface area (TPSA) is 0 Å². The van der Waals surface area contributed by atoms with E-state index in [1.54, 1.807) is 0 Å². The van der Waals surface area contributed by atoms with Gasteiger partial charge in [-0.15, -0.1) is 0 Å². The molecule has 0 spiro atoms. The molecule has 1 heterocycles. The van der Waals surface area contributed by atoms with Gasteiger partial charge in [0, 0.05) is 15.2 Å². The van der Waals surface area contributed by atoms with Gasteiger partial charge >= 0.3 is 0 Å². The fourth-order valence-corrected chi connectivity index (χ4v) is 6.81. The summed E-state index contributed by atoms with van der Waals surface area (Å²) in [5, 5.41) is 10.5. The van der Waals surface area contributed by atoms with Crippen LogP contribution in [-0.2, 0) is 0 Å².